The van der Waals surface area contributed by atoms with Crippen molar-refractivity contribution in [3.8, 4) is 0 Å². The van der Waals surface area contributed by atoms with Crippen LogP contribution in [-0.2, 0) is 20.0 Å². The van der Waals surface area contributed by atoms with E-state index in [1.54, 1.807) is 49.4 Å². The highest BCUT2D eigenvalue weighted by Crippen LogP contribution is 2.29. The second kappa shape index (κ2) is 6.34. The molecule has 0 saturated carbocycles. The van der Waals surface area contributed by atoms with Crippen molar-refractivity contribution in [3.05, 3.63) is 53.6 Å². The number of nitrogens with one attached hydrogen (secondary N) is 1. The van der Waals surface area contributed by atoms with Crippen LogP contribution in [0.15, 0.2) is 47.4 Å². The van der Waals surface area contributed by atoms with Crippen LogP contribution in [0.25, 0.3) is 0 Å². The molecule has 134 valence electrons. The van der Waals surface area contributed by atoms with Gasteiger partial charge in [0, 0.05) is 6.54 Å². The Labute approximate surface area is 148 Å². The van der Waals surface area contributed by atoms with Crippen molar-refractivity contribution in [1.82, 2.24) is 0 Å². The fourth-order valence-electron chi connectivity index (χ4n) is 2.73. The first-order chi connectivity index (χ1) is 11.7. The van der Waals surface area contributed by atoms with Crippen LogP contribution in [-0.4, -0.2) is 29.1 Å². The molecule has 6 nitrogen and oxygen atoms in total. The topological polar surface area (TPSA) is 83.6 Å². The van der Waals surface area contributed by atoms with E-state index in [1.165, 1.54) is 4.31 Å². The lowest BCUT2D eigenvalue weighted by atomic mass is 10.2. The Bertz CT molecular complexity index is 997. The van der Waals surface area contributed by atoms with Crippen molar-refractivity contribution in [2.75, 3.05) is 21.3 Å². The van der Waals surface area contributed by atoms with Gasteiger partial charge >= 0.3 is 0 Å². The molecule has 0 unspecified atom stereocenters. The summed E-state index contributed by atoms with van der Waals surface area (Å²) in [5, 5.41) is 0. The van der Waals surface area contributed by atoms with Gasteiger partial charge in [-0.15, -0.1) is 0 Å². The van der Waals surface area contributed by atoms with Crippen molar-refractivity contribution < 1.29 is 16.8 Å². The summed E-state index contributed by atoms with van der Waals surface area (Å²) in [6.07, 6.45) is 0.570. The number of hydrogen-bond donors (Lipinski definition) is 1. The smallest absolute Gasteiger partial charge is 0.261 e. The maximum atomic E-state index is 12.6. The fourth-order valence-corrected chi connectivity index (χ4v) is 5.40. The van der Waals surface area contributed by atoms with Gasteiger partial charge in [-0.25, -0.2) is 16.8 Å². The Morgan fingerprint density at radius 1 is 1.04 bits per heavy atom. The highest BCUT2D eigenvalue weighted by molar-refractivity contribution is 7.93. The predicted molar refractivity (Wildman–Crippen MR) is 98.9 cm³/mol. The van der Waals surface area contributed by atoms with E-state index in [0.717, 1.165) is 11.1 Å². The third-order valence-corrected chi connectivity index (χ3v) is 7.43. The monoisotopic (exact) mass is 380 g/mol. The van der Waals surface area contributed by atoms with E-state index in [9.17, 15) is 16.8 Å². The number of nitrogens with zero attached hydrogens (tertiary/aromatic N) is 1. The molecular formula is C17H20N2O4S2. The van der Waals surface area contributed by atoms with Crippen LogP contribution in [0, 0.1) is 13.8 Å². The van der Waals surface area contributed by atoms with E-state index in [4.69, 9.17) is 0 Å². The zero-order chi connectivity index (χ0) is 18.2. The average molecular weight is 380 g/mol. The molecule has 1 saturated heterocycles. The van der Waals surface area contributed by atoms with Crippen molar-refractivity contribution in [3.63, 3.8) is 0 Å². The van der Waals surface area contributed by atoms with Crippen LogP contribution in [0.1, 0.15) is 17.5 Å². The summed E-state index contributed by atoms with van der Waals surface area (Å²) in [7, 11) is -7.05. The SMILES string of the molecule is Cc1ccc(S(=O)(=O)Nc2cc(N3CCCS3(=O)=O)ccc2C)cc1. The van der Waals surface area contributed by atoms with Gasteiger partial charge < -0.3 is 0 Å². The number of hydrogen-bond acceptors (Lipinski definition) is 4. The zero-order valence-corrected chi connectivity index (χ0v) is 15.7. The molecule has 2 aromatic rings. The summed E-state index contributed by atoms with van der Waals surface area (Å²) in [5.74, 6) is 0.116. The summed E-state index contributed by atoms with van der Waals surface area (Å²) in [6.45, 7) is 4.07. The van der Waals surface area contributed by atoms with Gasteiger partial charge in [-0.2, -0.15) is 0 Å². The number of anilines is 2. The molecule has 3 rings (SSSR count). The summed E-state index contributed by atoms with van der Waals surface area (Å²) in [4.78, 5) is 0.164. The summed E-state index contributed by atoms with van der Waals surface area (Å²) >= 11 is 0. The quantitative estimate of drug-likeness (QED) is 0.884. The largest absolute Gasteiger partial charge is 0.279 e. The number of aryl methyl sites for hydroxylation is 2. The molecule has 0 atom stereocenters. The van der Waals surface area contributed by atoms with Crippen molar-refractivity contribution >= 4 is 31.4 Å². The van der Waals surface area contributed by atoms with Crippen LogP contribution in [0.2, 0.25) is 0 Å². The number of rotatable bonds is 4. The summed E-state index contributed by atoms with van der Waals surface area (Å²) < 4.78 is 53.2. The molecule has 8 heteroatoms. The third kappa shape index (κ3) is 3.64. The van der Waals surface area contributed by atoms with Crippen LogP contribution < -0.4 is 9.03 Å². The minimum absolute atomic E-state index is 0.116. The van der Waals surface area contributed by atoms with Crippen molar-refractivity contribution in [1.29, 1.82) is 0 Å². The molecule has 1 aliphatic heterocycles. The first kappa shape index (κ1) is 17.8. The van der Waals surface area contributed by atoms with Gasteiger partial charge in [-0.3, -0.25) is 9.03 Å². The molecule has 2 aromatic carbocycles. The Hall–Kier alpha value is -2.06. The second-order valence-electron chi connectivity index (χ2n) is 6.16. The molecule has 0 radical (unpaired) electrons. The molecule has 1 heterocycles. The van der Waals surface area contributed by atoms with Gasteiger partial charge in [0.05, 0.1) is 22.0 Å². The first-order valence-electron chi connectivity index (χ1n) is 7.90. The van der Waals surface area contributed by atoms with Gasteiger partial charge in [0.1, 0.15) is 0 Å². The van der Waals surface area contributed by atoms with Gasteiger partial charge in [0.25, 0.3) is 10.0 Å². The Balaban J connectivity index is 1.95. The highest BCUT2D eigenvalue weighted by atomic mass is 32.2. The van der Waals surface area contributed by atoms with E-state index in [-0.39, 0.29) is 10.6 Å². The molecule has 0 aliphatic carbocycles. The van der Waals surface area contributed by atoms with Gasteiger partial charge in [0.2, 0.25) is 10.0 Å². The third-order valence-electron chi connectivity index (χ3n) is 4.18. The molecule has 0 aromatic heterocycles. The van der Waals surface area contributed by atoms with E-state index in [0.29, 0.717) is 24.3 Å². The molecule has 0 amide bonds. The van der Waals surface area contributed by atoms with E-state index in [1.807, 2.05) is 6.92 Å². The maximum absolute atomic E-state index is 12.6. The van der Waals surface area contributed by atoms with Crippen LogP contribution in [0.3, 0.4) is 0 Å². The lowest BCUT2D eigenvalue weighted by Crippen LogP contribution is -2.25. The van der Waals surface area contributed by atoms with E-state index >= 15 is 0 Å². The van der Waals surface area contributed by atoms with Crippen LogP contribution >= 0.6 is 0 Å². The molecule has 0 bridgehead atoms. The van der Waals surface area contributed by atoms with E-state index < -0.39 is 20.0 Å². The fraction of sp³-hybridized carbons (Fsp3) is 0.294. The molecule has 1 aliphatic rings. The van der Waals surface area contributed by atoms with Crippen LogP contribution in [0.5, 0.6) is 0 Å². The minimum atomic E-state index is -3.74. The van der Waals surface area contributed by atoms with E-state index in [2.05, 4.69) is 4.72 Å². The minimum Gasteiger partial charge on any atom is -0.279 e. The molecule has 0 spiro atoms. The van der Waals surface area contributed by atoms with Gasteiger partial charge in [-0.05, 0) is 50.1 Å². The highest BCUT2D eigenvalue weighted by Gasteiger charge is 2.29. The Kier molecular flexibility index (Phi) is 4.51. The molecule has 25 heavy (non-hydrogen) atoms. The predicted octanol–water partition coefficient (Wildman–Crippen LogP) is 2.64. The number of benzene rings is 2. The summed E-state index contributed by atoms with van der Waals surface area (Å²) in [5.41, 5.74) is 2.54. The van der Waals surface area contributed by atoms with Crippen molar-refractivity contribution in [2.45, 2.75) is 25.2 Å². The normalized spacial score (nSPS) is 16.8. The average Bonchev–Trinajstić information content (AvgIpc) is 2.89. The van der Waals surface area contributed by atoms with Gasteiger partial charge in [0.15, 0.2) is 0 Å². The van der Waals surface area contributed by atoms with Gasteiger partial charge in [-0.1, -0.05) is 23.8 Å². The van der Waals surface area contributed by atoms with Crippen LogP contribution in [0.4, 0.5) is 11.4 Å². The zero-order valence-electron chi connectivity index (χ0n) is 14.1. The number of sulfonamides is 2. The molecular weight excluding hydrogens is 360 g/mol. The Morgan fingerprint density at radius 2 is 1.72 bits per heavy atom. The maximum Gasteiger partial charge on any atom is 0.261 e. The Morgan fingerprint density at radius 3 is 2.32 bits per heavy atom. The summed E-state index contributed by atoms with van der Waals surface area (Å²) in [6, 6.07) is 11.5. The second-order valence-corrected chi connectivity index (χ2v) is 9.85. The lowest BCUT2D eigenvalue weighted by Gasteiger charge is -2.19. The lowest BCUT2D eigenvalue weighted by molar-refractivity contribution is 0.598. The first-order valence-corrected chi connectivity index (χ1v) is 11.0. The molecule has 1 N–H and O–H groups in total. The standard InChI is InChI=1S/C17H20N2O4S2/c1-13-4-8-16(9-5-13)25(22,23)18-17-12-15(7-6-14(17)2)19-10-3-11-24(19,20)21/h4-9,12,18H,3,10-11H2,1-2H3. The van der Waals surface area contributed by atoms with Crippen molar-refractivity contribution in [2.24, 2.45) is 0 Å². The molecule has 1 fully saturated rings.